The Kier molecular flexibility index (Phi) is 11.1. The van der Waals surface area contributed by atoms with Crippen molar-refractivity contribution >= 4 is 24.0 Å². The molecule has 0 aliphatic heterocycles. The second-order valence-corrected chi connectivity index (χ2v) is 19.9. The Morgan fingerprint density at radius 2 is 1.50 bits per heavy atom. The summed E-state index contributed by atoms with van der Waals surface area (Å²) in [7, 11) is -5.72. The Labute approximate surface area is 255 Å². The number of nitrogens with one attached hydrogen (secondary N) is 2. The van der Waals surface area contributed by atoms with Crippen molar-refractivity contribution in [3.63, 3.8) is 0 Å². The van der Waals surface area contributed by atoms with Crippen LogP contribution in [0.2, 0.25) is 18.1 Å². The molecule has 42 heavy (non-hydrogen) atoms. The van der Waals surface area contributed by atoms with Gasteiger partial charge in [-0.25, -0.2) is 8.42 Å². The van der Waals surface area contributed by atoms with Gasteiger partial charge < -0.3 is 14.5 Å². The van der Waals surface area contributed by atoms with Crippen molar-refractivity contribution in [2.75, 3.05) is 17.5 Å². The third kappa shape index (κ3) is 10.3. The molecule has 0 saturated carbocycles. The highest BCUT2D eigenvalue weighted by molar-refractivity contribution is 7.92. The van der Waals surface area contributed by atoms with Crippen LogP contribution in [0.1, 0.15) is 69.9 Å². The molecule has 0 heterocycles. The van der Waals surface area contributed by atoms with Crippen LogP contribution in [0.3, 0.4) is 0 Å². The summed E-state index contributed by atoms with van der Waals surface area (Å²) < 4.78 is 40.4. The van der Waals surface area contributed by atoms with Crippen LogP contribution in [0.25, 0.3) is 0 Å². The van der Waals surface area contributed by atoms with Gasteiger partial charge in [0.05, 0.1) is 18.0 Å². The Bertz CT molecular complexity index is 1420. The lowest BCUT2D eigenvalue weighted by atomic mass is 9.93. The van der Waals surface area contributed by atoms with Crippen molar-refractivity contribution in [2.45, 2.75) is 90.8 Å². The average molecular weight is 611 g/mol. The third-order valence-corrected chi connectivity index (χ3v) is 13.0. The molecule has 0 bridgehead atoms. The minimum absolute atomic E-state index is 0.00787. The van der Waals surface area contributed by atoms with E-state index in [1.165, 1.54) is 11.1 Å². The number of hydrogen-bond acceptors (Lipinski definition) is 5. The Morgan fingerprint density at radius 3 is 2.12 bits per heavy atom. The molecule has 0 unspecified atom stereocenters. The van der Waals surface area contributed by atoms with Crippen LogP contribution >= 0.6 is 0 Å². The van der Waals surface area contributed by atoms with E-state index >= 15 is 0 Å². The summed E-state index contributed by atoms with van der Waals surface area (Å²) in [5.74, 6) is 0.475. The summed E-state index contributed by atoms with van der Waals surface area (Å²) in [6.07, 6.45) is 2.76. The van der Waals surface area contributed by atoms with Gasteiger partial charge in [-0.1, -0.05) is 88.4 Å². The fourth-order valence-electron chi connectivity index (χ4n) is 4.55. The molecule has 0 spiro atoms. The van der Waals surface area contributed by atoms with Gasteiger partial charge in [-0.3, -0.25) is 4.72 Å². The standard InChI is InChI=1S/C34H50N2O4SSi/c1-10-26-17-14-18-28(21-26)23-34(5,6)35-24-32(40-42(8,9)33(2,3)4)29-19-20-31(30(22-29)36-41(7,37)38)39-25-27-15-12-11-13-16-27/h11-22,32,35-36H,10,23-25H2,1-9H3/t32-/m0/s1. The van der Waals surface area contributed by atoms with Crippen LogP contribution in [0.5, 0.6) is 5.75 Å². The fourth-order valence-corrected chi connectivity index (χ4v) is 6.39. The van der Waals surface area contributed by atoms with Crippen LogP contribution < -0.4 is 14.8 Å². The van der Waals surface area contributed by atoms with Crippen LogP contribution in [0, 0.1) is 0 Å². The predicted molar refractivity (Wildman–Crippen MR) is 178 cm³/mol. The van der Waals surface area contributed by atoms with E-state index < -0.39 is 18.3 Å². The van der Waals surface area contributed by atoms with Crippen molar-refractivity contribution in [3.05, 3.63) is 95.1 Å². The molecule has 3 rings (SSSR count). The lowest BCUT2D eigenvalue weighted by Gasteiger charge is -2.40. The number of hydrogen-bond donors (Lipinski definition) is 2. The predicted octanol–water partition coefficient (Wildman–Crippen LogP) is 7.87. The average Bonchev–Trinajstić information content (AvgIpc) is 2.89. The summed E-state index contributed by atoms with van der Waals surface area (Å²) in [6, 6.07) is 24.3. The number of ether oxygens (including phenoxy) is 1. The van der Waals surface area contributed by atoms with E-state index in [4.69, 9.17) is 9.16 Å². The quantitative estimate of drug-likeness (QED) is 0.182. The Morgan fingerprint density at radius 1 is 0.857 bits per heavy atom. The highest BCUT2D eigenvalue weighted by atomic mass is 32.2. The second kappa shape index (κ2) is 13.8. The van der Waals surface area contributed by atoms with Crippen molar-refractivity contribution < 1.29 is 17.6 Å². The van der Waals surface area contributed by atoms with Crippen LogP contribution in [0.4, 0.5) is 5.69 Å². The number of rotatable bonds is 14. The normalized spacial score (nSPS) is 13.5. The van der Waals surface area contributed by atoms with Crippen molar-refractivity contribution in [1.29, 1.82) is 0 Å². The molecule has 2 N–H and O–H groups in total. The first-order chi connectivity index (χ1) is 19.5. The topological polar surface area (TPSA) is 76.7 Å². The molecular formula is C34H50N2O4SSi. The van der Waals surface area contributed by atoms with Crippen molar-refractivity contribution in [2.24, 2.45) is 0 Å². The molecule has 6 nitrogen and oxygen atoms in total. The van der Waals surface area contributed by atoms with Crippen LogP contribution in [-0.4, -0.2) is 35.1 Å². The molecule has 0 saturated heterocycles. The molecule has 0 amide bonds. The Hall–Kier alpha value is -2.65. The SMILES string of the molecule is CCc1cccc(CC(C)(C)NC[C@H](O[Si](C)(C)C(C)(C)C)c2ccc(OCc3ccccc3)c(NS(C)(=O)=O)c2)c1. The zero-order valence-electron chi connectivity index (χ0n) is 26.9. The van der Waals surface area contributed by atoms with Gasteiger partial charge in [0.25, 0.3) is 0 Å². The number of benzene rings is 3. The molecule has 230 valence electrons. The summed E-state index contributed by atoms with van der Waals surface area (Å²) in [6.45, 7) is 18.7. The van der Waals surface area contributed by atoms with E-state index in [1.54, 1.807) is 0 Å². The number of aryl methyl sites for hydroxylation is 1. The summed E-state index contributed by atoms with van der Waals surface area (Å²) in [4.78, 5) is 0. The van der Waals surface area contributed by atoms with Crippen LogP contribution in [-0.2, 0) is 33.9 Å². The monoisotopic (exact) mass is 610 g/mol. The number of anilines is 1. The zero-order valence-corrected chi connectivity index (χ0v) is 28.7. The molecule has 0 aliphatic carbocycles. The molecule has 8 heteroatoms. The summed E-state index contributed by atoms with van der Waals surface area (Å²) >= 11 is 0. The van der Waals surface area contributed by atoms with Gasteiger partial charge in [0.1, 0.15) is 12.4 Å². The third-order valence-electron chi connectivity index (χ3n) is 7.96. The molecule has 0 fully saturated rings. The van der Waals surface area contributed by atoms with Gasteiger partial charge in [-0.05, 0) is 79.2 Å². The van der Waals surface area contributed by atoms with E-state index in [1.807, 2.05) is 48.5 Å². The smallest absolute Gasteiger partial charge is 0.229 e. The largest absolute Gasteiger partial charge is 0.487 e. The molecule has 0 radical (unpaired) electrons. The Balaban J connectivity index is 1.92. The van der Waals surface area contributed by atoms with E-state index in [-0.39, 0.29) is 16.7 Å². The van der Waals surface area contributed by atoms with E-state index in [9.17, 15) is 8.42 Å². The number of sulfonamides is 1. The van der Waals surface area contributed by atoms with Gasteiger partial charge in [0, 0.05) is 12.1 Å². The first kappa shape index (κ1) is 33.8. The minimum Gasteiger partial charge on any atom is -0.487 e. The van der Waals surface area contributed by atoms with Gasteiger partial charge in [0.2, 0.25) is 10.0 Å². The van der Waals surface area contributed by atoms with Gasteiger partial charge in [-0.15, -0.1) is 0 Å². The van der Waals surface area contributed by atoms with Crippen molar-refractivity contribution in [3.8, 4) is 5.75 Å². The maximum absolute atomic E-state index is 12.3. The molecule has 3 aromatic carbocycles. The molecular weight excluding hydrogens is 561 g/mol. The summed E-state index contributed by atoms with van der Waals surface area (Å²) in [5.41, 5.74) is 4.76. The van der Waals surface area contributed by atoms with Crippen LogP contribution in [0.15, 0.2) is 72.8 Å². The molecule has 0 aromatic heterocycles. The van der Waals surface area contributed by atoms with E-state index in [0.29, 0.717) is 24.6 Å². The zero-order chi connectivity index (χ0) is 31.2. The van der Waals surface area contributed by atoms with E-state index in [0.717, 1.165) is 30.2 Å². The lowest BCUT2D eigenvalue weighted by Crippen LogP contribution is -2.47. The first-order valence-corrected chi connectivity index (χ1v) is 19.6. The molecule has 3 aromatic rings. The van der Waals surface area contributed by atoms with Gasteiger partial charge in [0.15, 0.2) is 8.32 Å². The summed E-state index contributed by atoms with van der Waals surface area (Å²) in [5, 5.41) is 3.78. The first-order valence-electron chi connectivity index (χ1n) is 14.8. The second-order valence-electron chi connectivity index (χ2n) is 13.4. The highest BCUT2D eigenvalue weighted by Gasteiger charge is 2.40. The van der Waals surface area contributed by atoms with E-state index in [2.05, 4.69) is 88.9 Å². The van der Waals surface area contributed by atoms with Crippen molar-refractivity contribution in [1.82, 2.24) is 5.32 Å². The van der Waals surface area contributed by atoms with Gasteiger partial charge >= 0.3 is 0 Å². The molecule has 0 aliphatic rings. The van der Waals surface area contributed by atoms with Gasteiger partial charge in [-0.2, -0.15) is 0 Å². The maximum Gasteiger partial charge on any atom is 0.229 e. The lowest BCUT2D eigenvalue weighted by molar-refractivity contribution is 0.166. The highest BCUT2D eigenvalue weighted by Crippen LogP contribution is 2.41. The minimum atomic E-state index is -3.54. The maximum atomic E-state index is 12.3. The molecule has 1 atom stereocenters. The fraction of sp³-hybridized carbons (Fsp3) is 0.471.